The van der Waals surface area contributed by atoms with Crippen molar-refractivity contribution in [2.45, 2.75) is 25.2 Å². The van der Waals surface area contributed by atoms with Crippen LogP contribution in [-0.2, 0) is 23.1 Å². The van der Waals surface area contributed by atoms with Crippen molar-refractivity contribution < 1.29 is 4.79 Å². The highest BCUT2D eigenvalue weighted by Crippen LogP contribution is 2.34. The molecule has 0 aliphatic heterocycles. The first kappa shape index (κ1) is 18.1. The third-order valence-corrected chi connectivity index (χ3v) is 5.46. The number of carbonyl (C=O) groups excluding carboxylic acids is 1. The highest BCUT2D eigenvalue weighted by Gasteiger charge is 2.39. The van der Waals surface area contributed by atoms with Crippen molar-refractivity contribution in [1.29, 1.82) is 0 Å². The molecule has 0 atom stereocenters. The van der Waals surface area contributed by atoms with Crippen LogP contribution in [0.15, 0.2) is 97.1 Å². The van der Waals surface area contributed by atoms with Gasteiger partial charge in [-0.05, 0) is 43.0 Å². The fourth-order valence-electron chi connectivity index (χ4n) is 3.89. The number of carbonyl (C=O) groups is 1. The van der Waals surface area contributed by atoms with Gasteiger partial charge in [-0.25, -0.2) is 0 Å². The largest absolute Gasteiger partial charge is 0.299 e. The summed E-state index contributed by atoms with van der Waals surface area (Å²) in [6.07, 6.45) is 1.26. The number of benzene rings is 3. The molecule has 0 spiro atoms. The number of rotatable bonds is 6. The Hall–Kier alpha value is -3.26. The molecule has 4 rings (SSSR count). The lowest BCUT2D eigenvalue weighted by Gasteiger charge is -2.31. The molecule has 4 aromatic rings. The molecule has 0 aliphatic rings. The van der Waals surface area contributed by atoms with Gasteiger partial charge in [0.25, 0.3) is 0 Å². The van der Waals surface area contributed by atoms with Crippen LogP contribution in [0.5, 0.6) is 0 Å². The summed E-state index contributed by atoms with van der Waals surface area (Å²) in [5.74, 6) is 0.142. The van der Waals surface area contributed by atoms with Crippen LogP contribution >= 0.6 is 0 Å². The predicted molar refractivity (Wildman–Crippen MR) is 114 cm³/mol. The van der Waals surface area contributed by atoms with Crippen LogP contribution in [0.25, 0.3) is 10.9 Å². The van der Waals surface area contributed by atoms with E-state index in [1.54, 1.807) is 6.92 Å². The Kier molecular flexibility index (Phi) is 5.03. The van der Waals surface area contributed by atoms with Gasteiger partial charge in [-0.15, -0.1) is 0 Å². The molecule has 138 valence electrons. The molecule has 0 unspecified atom stereocenters. The first-order chi connectivity index (χ1) is 13.7. The SMILES string of the molecule is CC(=O)C(Cc1ccccc1)(Cc1ccccc1)c1ccc2ccccc2n1. The minimum absolute atomic E-state index is 0.142. The quantitative estimate of drug-likeness (QED) is 0.448. The van der Waals surface area contributed by atoms with Gasteiger partial charge in [0.1, 0.15) is 5.78 Å². The summed E-state index contributed by atoms with van der Waals surface area (Å²) in [7, 11) is 0. The molecule has 3 aromatic carbocycles. The fourth-order valence-corrected chi connectivity index (χ4v) is 3.89. The number of para-hydroxylation sites is 1. The number of fused-ring (bicyclic) bond motifs is 1. The van der Waals surface area contributed by atoms with Crippen LogP contribution in [-0.4, -0.2) is 10.8 Å². The van der Waals surface area contributed by atoms with Gasteiger partial charge in [0.15, 0.2) is 0 Å². The Morgan fingerprint density at radius 1 is 0.714 bits per heavy atom. The van der Waals surface area contributed by atoms with Gasteiger partial charge in [-0.3, -0.25) is 9.78 Å². The number of nitrogens with zero attached hydrogens (tertiary/aromatic N) is 1. The maximum absolute atomic E-state index is 13.2. The average molecular weight is 365 g/mol. The van der Waals surface area contributed by atoms with Gasteiger partial charge in [0, 0.05) is 5.39 Å². The Morgan fingerprint density at radius 3 is 1.82 bits per heavy atom. The topological polar surface area (TPSA) is 30.0 Å². The summed E-state index contributed by atoms with van der Waals surface area (Å²) in [6.45, 7) is 1.70. The summed E-state index contributed by atoms with van der Waals surface area (Å²) in [4.78, 5) is 18.1. The molecular weight excluding hydrogens is 342 g/mol. The number of ketones is 1. The third kappa shape index (κ3) is 3.59. The van der Waals surface area contributed by atoms with Crippen LogP contribution in [0, 0.1) is 0 Å². The normalized spacial score (nSPS) is 11.5. The van der Waals surface area contributed by atoms with Crippen molar-refractivity contribution in [3.8, 4) is 0 Å². The van der Waals surface area contributed by atoms with Crippen molar-refractivity contribution in [2.24, 2.45) is 0 Å². The fraction of sp³-hybridized carbons (Fsp3) is 0.154. The number of aromatic nitrogens is 1. The summed E-state index contributed by atoms with van der Waals surface area (Å²) >= 11 is 0. The lowest BCUT2D eigenvalue weighted by Crippen LogP contribution is -2.40. The van der Waals surface area contributed by atoms with Gasteiger partial charge in [-0.2, -0.15) is 0 Å². The Balaban J connectivity index is 1.88. The second kappa shape index (κ2) is 7.77. The van der Waals surface area contributed by atoms with Gasteiger partial charge in [-0.1, -0.05) is 84.9 Å². The zero-order valence-electron chi connectivity index (χ0n) is 16.0. The minimum Gasteiger partial charge on any atom is -0.299 e. The van der Waals surface area contributed by atoms with Crippen LogP contribution < -0.4 is 0 Å². The molecule has 0 aliphatic carbocycles. The van der Waals surface area contributed by atoms with Crippen LogP contribution in [0.1, 0.15) is 23.7 Å². The average Bonchev–Trinajstić information content (AvgIpc) is 2.74. The van der Waals surface area contributed by atoms with Crippen molar-refractivity contribution in [3.63, 3.8) is 0 Å². The van der Waals surface area contributed by atoms with E-state index in [0.717, 1.165) is 27.7 Å². The van der Waals surface area contributed by atoms with Gasteiger partial charge in [0.05, 0.1) is 16.6 Å². The van der Waals surface area contributed by atoms with Crippen molar-refractivity contribution in [2.75, 3.05) is 0 Å². The molecule has 0 amide bonds. The van der Waals surface area contributed by atoms with Crippen LogP contribution in [0.4, 0.5) is 0 Å². The smallest absolute Gasteiger partial charge is 0.142 e. The van der Waals surface area contributed by atoms with Gasteiger partial charge < -0.3 is 0 Å². The third-order valence-electron chi connectivity index (χ3n) is 5.46. The molecule has 2 nitrogen and oxygen atoms in total. The summed E-state index contributed by atoms with van der Waals surface area (Å²) < 4.78 is 0. The van der Waals surface area contributed by atoms with Crippen LogP contribution in [0.2, 0.25) is 0 Å². The lowest BCUT2D eigenvalue weighted by molar-refractivity contribution is -0.122. The second-order valence-electron chi connectivity index (χ2n) is 7.35. The molecule has 2 heteroatoms. The van der Waals surface area contributed by atoms with E-state index >= 15 is 0 Å². The number of pyridine rings is 1. The molecule has 0 bridgehead atoms. The van der Waals surface area contributed by atoms with E-state index in [-0.39, 0.29) is 5.78 Å². The first-order valence-electron chi connectivity index (χ1n) is 9.62. The Morgan fingerprint density at radius 2 is 1.25 bits per heavy atom. The first-order valence-corrected chi connectivity index (χ1v) is 9.62. The summed E-state index contributed by atoms with van der Waals surface area (Å²) in [6, 6.07) is 32.6. The highest BCUT2D eigenvalue weighted by atomic mass is 16.1. The number of hydrogen-bond donors (Lipinski definition) is 0. The molecule has 1 aromatic heterocycles. The lowest BCUT2D eigenvalue weighted by atomic mass is 9.71. The molecule has 0 radical (unpaired) electrons. The monoisotopic (exact) mass is 365 g/mol. The van der Waals surface area contributed by atoms with E-state index < -0.39 is 5.41 Å². The van der Waals surface area contributed by atoms with Crippen molar-refractivity contribution >= 4 is 16.7 Å². The molecular formula is C26H23NO. The molecule has 0 N–H and O–H groups in total. The number of hydrogen-bond acceptors (Lipinski definition) is 2. The maximum atomic E-state index is 13.2. The zero-order chi connectivity index (χ0) is 19.4. The van der Waals surface area contributed by atoms with E-state index in [4.69, 9.17) is 4.98 Å². The van der Waals surface area contributed by atoms with E-state index in [0.29, 0.717) is 12.8 Å². The minimum atomic E-state index is -0.702. The second-order valence-corrected chi connectivity index (χ2v) is 7.35. The molecule has 0 fully saturated rings. The predicted octanol–water partition coefficient (Wildman–Crippen LogP) is 5.55. The van der Waals surface area contributed by atoms with Crippen molar-refractivity contribution in [1.82, 2.24) is 4.98 Å². The van der Waals surface area contributed by atoms with Gasteiger partial charge in [0.2, 0.25) is 0 Å². The zero-order valence-corrected chi connectivity index (χ0v) is 16.0. The standard InChI is InChI=1S/C26H23NO/c1-20(28)26(18-21-10-4-2-5-11-21,19-22-12-6-3-7-13-22)25-17-16-23-14-8-9-15-24(23)27-25/h2-17H,18-19H2,1H3. The molecule has 0 saturated heterocycles. The summed E-state index contributed by atoms with van der Waals surface area (Å²) in [5.41, 5.74) is 3.34. The number of Topliss-reactive ketones (excluding diaryl/α,β-unsaturated/α-hetero) is 1. The van der Waals surface area contributed by atoms with E-state index in [2.05, 4.69) is 36.4 Å². The van der Waals surface area contributed by atoms with Crippen molar-refractivity contribution in [3.05, 3.63) is 114 Å². The van der Waals surface area contributed by atoms with E-state index in [1.165, 1.54) is 0 Å². The van der Waals surface area contributed by atoms with E-state index in [9.17, 15) is 4.79 Å². The molecule has 0 saturated carbocycles. The maximum Gasteiger partial charge on any atom is 0.142 e. The van der Waals surface area contributed by atoms with Gasteiger partial charge >= 0.3 is 0 Å². The van der Waals surface area contributed by atoms with Crippen LogP contribution in [0.3, 0.4) is 0 Å². The Bertz CT molecular complexity index is 1050. The highest BCUT2D eigenvalue weighted by molar-refractivity contribution is 5.89. The Labute approximate surface area is 165 Å². The molecule has 1 heterocycles. The van der Waals surface area contributed by atoms with E-state index in [1.807, 2.05) is 60.7 Å². The molecule has 28 heavy (non-hydrogen) atoms. The summed E-state index contributed by atoms with van der Waals surface area (Å²) in [5, 5.41) is 1.09.